The quantitative estimate of drug-likeness (QED) is 0.911. The molecule has 21 heavy (non-hydrogen) atoms. The molecule has 1 saturated heterocycles. The van der Waals surface area contributed by atoms with Crippen LogP contribution in [0.1, 0.15) is 47.2 Å². The van der Waals surface area contributed by atoms with E-state index in [9.17, 15) is 4.79 Å². The van der Waals surface area contributed by atoms with Crippen LogP contribution in [0.15, 0.2) is 18.2 Å². The Labute approximate surface area is 133 Å². The predicted octanol–water partition coefficient (Wildman–Crippen LogP) is 2.81. The number of carbonyl (C=O) groups is 1. The molecule has 0 saturated carbocycles. The zero-order valence-electron chi connectivity index (χ0n) is 12.7. The van der Waals surface area contributed by atoms with Crippen LogP contribution in [0.25, 0.3) is 0 Å². The van der Waals surface area contributed by atoms with Gasteiger partial charge in [0.2, 0.25) is 0 Å². The minimum atomic E-state index is 0. The second kappa shape index (κ2) is 7.28. The van der Waals surface area contributed by atoms with Gasteiger partial charge in [0.25, 0.3) is 5.91 Å². The van der Waals surface area contributed by atoms with E-state index in [2.05, 4.69) is 17.4 Å². The molecule has 2 aliphatic rings. The van der Waals surface area contributed by atoms with Gasteiger partial charge in [-0.15, -0.1) is 12.4 Å². The number of benzene rings is 1. The van der Waals surface area contributed by atoms with Gasteiger partial charge in [-0.05, 0) is 68.8 Å². The van der Waals surface area contributed by atoms with Gasteiger partial charge in [0.15, 0.2) is 0 Å². The fourth-order valence-corrected chi connectivity index (χ4v) is 3.45. The van der Waals surface area contributed by atoms with Gasteiger partial charge in [-0.3, -0.25) is 4.79 Å². The number of hydrogen-bond donors (Lipinski definition) is 1. The third kappa shape index (κ3) is 3.58. The summed E-state index contributed by atoms with van der Waals surface area (Å²) >= 11 is 0. The molecule has 116 valence electrons. The average molecular weight is 309 g/mol. The van der Waals surface area contributed by atoms with Crippen molar-refractivity contribution in [2.45, 2.75) is 44.6 Å². The van der Waals surface area contributed by atoms with E-state index in [-0.39, 0.29) is 18.3 Å². The lowest BCUT2D eigenvalue weighted by molar-refractivity contribution is 0.0698. The fraction of sp³-hybridized carbons (Fsp3) is 0.588. The van der Waals surface area contributed by atoms with E-state index in [0.29, 0.717) is 6.04 Å². The van der Waals surface area contributed by atoms with Crippen molar-refractivity contribution in [3.63, 3.8) is 0 Å². The lowest BCUT2D eigenvalue weighted by Gasteiger charge is -2.32. The summed E-state index contributed by atoms with van der Waals surface area (Å²) in [7, 11) is 1.98. The number of likely N-dealkylation sites (N-methyl/N-ethyl adjacent to an activating group) is 1. The highest BCUT2D eigenvalue weighted by Crippen LogP contribution is 2.23. The van der Waals surface area contributed by atoms with Crippen molar-refractivity contribution >= 4 is 18.3 Å². The van der Waals surface area contributed by atoms with Crippen LogP contribution in [0.5, 0.6) is 0 Å². The Morgan fingerprint density at radius 3 is 2.71 bits per heavy atom. The highest BCUT2D eigenvalue weighted by Gasteiger charge is 2.24. The summed E-state index contributed by atoms with van der Waals surface area (Å²) in [6.07, 6.45) is 7.13. The first kappa shape index (κ1) is 16.3. The zero-order valence-corrected chi connectivity index (χ0v) is 13.5. The van der Waals surface area contributed by atoms with E-state index in [1.807, 2.05) is 18.0 Å². The van der Waals surface area contributed by atoms with Gasteiger partial charge in [0, 0.05) is 24.7 Å². The highest BCUT2D eigenvalue weighted by molar-refractivity contribution is 5.94. The molecule has 1 unspecified atom stereocenters. The number of aryl methyl sites for hydroxylation is 2. The van der Waals surface area contributed by atoms with Crippen molar-refractivity contribution in [3.8, 4) is 0 Å². The Kier molecular flexibility index (Phi) is 5.65. The topological polar surface area (TPSA) is 32.3 Å². The molecule has 1 atom stereocenters. The van der Waals surface area contributed by atoms with E-state index in [1.165, 1.54) is 36.8 Å². The molecular weight excluding hydrogens is 284 g/mol. The van der Waals surface area contributed by atoms with Gasteiger partial charge in [-0.2, -0.15) is 0 Å². The minimum absolute atomic E-state index is 0. The number of hydrogen-bond acceptors (Lipinski definition) is 2. The van der Waals surface area contributed by atoms with E-state index in [0.717, 1.165) is 31.5 Å². The molecule has 1 aliphatic carbocycles. The fourth-order valence-electron chi connectivity index (χ4n) is 3.45. The number of nitrogens with zero attached hydrogens (tertiary/aromatic N) is 1. The Morgan fingerprint density at radius 1 is 1.19 bits per heavy atom. The smallest absolute Gasteiger partial charge is 0.253 e. The predicted molar refractivity (Wildman–Crippen MR) is 88.3 cm³/mol. The average Bonchev–Trinajstić information content (AvgIpc) is 2.53. The van der Waals surface area contributed by atoms with Gasteiger partial charge in [0.1, 0.15) is 0 Å². The standard InChI is InChI=1S/C17H24N2O.ClH/c1-18-16-7-4-10-19(12-16)17(20)15-9-8-13-5-2-3-6-14(13)11-15;/h8-9,11,16,18H,2-7,10,12H2,1H3;1H. The number of fused-ring (bicyclic) bond motifs is 1. The Bertz CT molecular complexity index is 504. The summed E-state index contributed by atoms with van der Waals surface area (Å²) in [4.78, 5) is 14.7. The second-order valence-electron chi connectivity index (χ2n) is 6.07. The van der Waals surface area contributed by atoms with E-state index < -0.39 is 0 Å². The number of rotatable bonds is 2. The van der Waals surface area contributed by atoms with Gasteiger partial charge in [-0.25, -0.2) is 0 Å². The van der Waals surface area contributed by atoms with Crippen LogP contribution in [0, 0.1) is 0 Å². The van der Waals surface area contributed by atoms with Gasteiger partial charge >= 0.3 is 0 Å². The third-order valence-corrected chi connectivity index (χ3v) is 4.71. The molecule has 0 aromatic heterocycles. The van der Waals surface area contributed by atoms with Crippen molar-refractivity contribution in [1.82, 2.24) is 10.2 Å². The number of carbonyl (C=O) groups excluding carboxylic acids is 1. The monoisotopic (exact) mass is 308 g/mol. The molecular formula is C17H25ClN2O. The van der Waals surface area contributed by atoms with Gasteiger partial charge in [0.05, 0.1) is 0 Å². The van der Waals surface area contributed by atoms with Gasteiger partial charge < -0.3 is 10.2 Å². The van der Waals surface area contributed by atoms with Crippen LogP contribution in [0.2, 0.25) is 0 Å². The summed E-state index contributed by atoms with van der Waals surface area (Å²) in [6.45, 7) is 1.74. The maximum atomic E-state index is 12.6. The normalized spacial score (nSPS) is 21.4. The van der Waals surface area contributed by atoms with Crippen LogP contribution in [-0.4, -0.2) is 37.0 Å². The molecule has 0 spiro atoms. The van der Waals surface area contributed by atoms with Gasteiger partial charge in [-0.1, -0.05) is 6.07 Å². The van der Waals surface area contributed by atoms with E-state index >= 15 is 0 Å². The molecule has 3 rings (SSSR count). The molecule has 4 heteroatoms. The van der Waals surface area contributed by atoms with Crippen molar-refractivity contribution < 1.29 is 4.79 Å². The number of halogens is 1. The van der Waals surface area contributed by atoms with Crippen LogP contribution >= 0.6 is 12.4 Å². The lowest BCUT2D eigenvalue weighted by atomic mass is 9.90. The van der Waals surface area contributed by atoms with Crippen molar-refractivity contribution in [1.29, 1.82) is 0 Å². The van der Waals surface area contributed by atoms with Crippen LogP contribution in [0.4, 0.5) is 0 Å². The molecule has 0 bridgehead atoms. The maximum absolute atomic E-state index is 12.6. The van der Waals surface area contributed by atoms with Crippen LogP contribution in [-0.2, 0) is 12.8 Å². The summed E-state index contributed by atoms with van der Waals surface area (Å²) < 4.78 is 0. The minimum Gasteiger partial charge on any atom is -0.337 e. The molecule has 1 N–H and O–H groups in total. The number of piperidine rings is 1. The molecule has 1 amide bonds. The number of amides is 1. The first-order chi connectivity index (χ1) is 9.78. The lowest BCUT2D eigenvalue weighted by Crippen LogP contribution is -2.47. The first-order valence-corrected chi connectivity index (χ1v) is 7.86. The summed E-state index contributed by atoms with van der Waals surface area (Å²) in [5, 5.41) is 3.30. The highest BCUT2D eigenvalue weighted by atomic mass is 35.5. The molecule has 1 aromatic rings. The van der Waals surface area contributed by atoms with E-state index in [4.69, 9.17) is 0 Å². The number of nitrogens with one attached hydrogen (secondary N) is 1. The number of likely N-dealkylation sites (tertiary alicyclic amines) is 1. The first-order valence-electron chi connectivity index (χ1n) is 7.86. The Hall–Kier alpha value is -1.06. The molecule has 1 aliphatic heterocycles. The second-order valence-corrected chi connectivity index (χ2v) is 6.07. The molecule has 0 radical (unpaired) electrons. The SMILES string of the molecule is CNC1CCCN(C(=O)c2ccc3c(c2)CCCC3)C1.Cl. The van der Waals surface area contributed by atoms with Crippen LogP contribution < -0.4 is 5.32 Å². The largest absolute Gasteiger partial charge is 0.337 e. The molecule has 1 fully saturated rings. The Morgan fingerprint density at radius 2 is 1.95 bits per heavy atom. The van der Waals surface area contributed by atoms with Crippen molar-refractivity contribution in [2.24, 2.45) is 0 Å². The van der Waals surface area contributed by atoms with Crippen LogP contribution in [0.3, 0.4) is 0 Å². The van der Waals surface area contributed by atoms with E-state index in [1.54, 1.807) is 0 Å². The third-order valence-electron chi connectivity index (χ3n) is 4.71. The maximum Gasteiger partial charge on any atom is 0.253 e. The summed E-state index contributed by atoms with van der Waals surface area (Å²) in [5.41, 5.74) is 3.71. The molecule has 3 nitrogen and oxygen atoms in total. The van der Waals surface area contributed by atoms with Crippen molar-refractivity contribution in [3.05, 3.63) is 34.9 Å². The molecule has 1 aromatic carbocycles. The summed E-state index contributed by atoms with van der Waals surface area (Å²) in [5.74, 6) is 0.207. The molecule has 1 heterocycles. The summed E-state index contributed by atoms with van der Waals surface area (Å²) in [6, 6.07) is 6.78. The zero-order chi connectivity index (χ0) is 13.9. The van der Waals surface area contributed by atoms with Crippen molar-refractivity contribution in [2.75, 3.05) is 20.1 Å². The Balaban J connectivity index is 0.00000161.